The first kappa shape index (κ1) is 23.8. The van der Waals surface area contributed by atoms with Crippen molar-refractivity contribution in [3.05, 3.63) is 41.5 Å². The molecule has 0 saturated carbocycles. The summed E-state index contributed by atoms with van der Waals surface area (Å²) < 4.78 is 44.7. The van der Waals surface area contributed by atoms with Gasteiger partial charge in [0.25, 0.3) is 5.91 Å². The summed E-state index contributed by atoms with van der Waals surface area (Å²) in [4.78, 5) is 23.5. The highest BCUT2D eigenvalue weighted by molar-refractivity contribution is 5.92. The first-order valence-electron chi connectivity index (χ1n) is 10.0. The Morgan fingerprint density at radius 1 is 1.34 bits per heavy atom. The molecule has 2 aliphatic rings. The van der Waals surface area contributed by atoms with Crippen molar-refractivity contribution in [2.75, 3.05) is 26.2 Å². The van der Waals surface area contributed by atoms with E-state index >= 15 is 0 Å². The Morgan fingerprint density at radius 3 is 2.62 bits per heavy atom. The molecule has 176 valence electrons. The van der Waals surface area contributed by atoms with Gasteiger partial charge in [0, 0.05) is 57.3 Å². The van der Waals surface area contributed by atoms with Crippen LogP contribution >= 0.6 is 0 Å². The highest BCUT2D eigenvalue weighted by atomic mass is 19.4. The summed E-state index contributed by atoms with van der Waals surface area (Å²) in [5, 5.41) is 14.3. The Hall–Kier alpha value is -2.86. The van der Waals surface area contributed by atoms with Gasteiger partial charge in [-0.1, -0.05) is 5.16 Å². The van der Waals surface area contributed by atoms with Crippen molar-refractivity contribution < 1.29 is 37.1 Å². The number of aryl methyl sites for hydroxylation is 2. The molecule has 2 aromatic rings. The van der Waals surface area contributed by atoms with Crippen molar-refractivity contribution in [3.63, 3.8) is 0 Å². The van der Waals surface area contributed by atoms with Crippen LogP contribution in [0.1, 0.15) is 21.9 Å². The number of hydrogen-bond acceptors (Lipinski definition) is 6. The summed E-state index contributed by atoms with van der Waals surface area (Å²) in [7, 11) is 1.88. The van der Waals surface area contributed by atoms with Crippen LogP contribution in [0.3, 0.4) is 0 Å². The number of likely N-dealkylation sites (tertiary alicyclic amines) is 1. The number of carbonyl (C=O) groups excluding carboxylic acids is 1. The quantitative estimate of drug-likeness (QED) is 0.704. The van der Waals surface area contributed by atoms with Gasteiger partial charge in [-0.2, -0.15) is 13.2 Å². The number of fused-ring (bicyclic) bond motifs is 1. The van der Waals surface area contributed by atoms with E-state index in [1.807, 2.05) is 42.9 Å². The summed E-state index contributed by atoms with van der Waals surface area (Å²) >= 11 is 0. The lowest BCUT2D eigenvalue weighted by Crippen LogP contribution is -2.34. The van der Waals surface area contributed by atoms with Crippen LogP contribution in [0.5, 0.6) is 0 Å². The number of carbonyl (C=O) groups is 2. The fourth-order valence-electron chi connectivity index (χ4n) is 3.95. The number of aliphatic carboxylic acids is 1. The molecule has 2 aliphatic heterocycles. The van der Waals surface area contributed by atoms with E-state index in [4.69, 9.17) is 19.2 Å². The topological polar surface area (TPSA) is 110 Å². The van der Waals surface area contributed by atoms with Crippen molar-refractivity contribution >= 4 is 11.9 Å². The number of halogens is 3. The summed E-state index contributed by atoms with van der Waals surface area (Å²) in [5.74, 6) is -1.12. The normalized spacial score (nSPS) is 22.8. The number of rotatable bonds is 5. The van der Waals surface area contributed by atoms with Crippen LogP contribution in [0.25, 0.3) is 0 Å². The number of hydrogen-bond donors (Lipinski definition) is 2. The van der Waals surface area contributed by atoms with Crippen LogP contribution in [0.2, 0.25) is 0 Å². The molecule has 0 unspecified atom stereocenters. The zero-order valence-electron chi connectivity index (χ0n) is 17.6. The van der Waals surface area contributed by atoms with Gasteiger partial charge in [0.15, 0.2) is 0 Å². The number of alkyl halides is 3. The van der Waals surface area contributed by atoms with E-state index in [0.717, 1.165) is 37.7 Å². The molecule has 2 fully saturated rings. The largest absolute Gasteiger partial charge is 0.490 e. The summed E-state index contributed by atoms with van der Waals surface area (Å²) in [6.45, 7) is 5.96. The maximum atomic E-state index is 12.3. The van der Waals surface area contributed by atoms with Crippen molar-refractivity contribution in [1.82, 2.24) is 19.9 Å². The molecule has 9 nitrogen and oxygen atoms in total. The molecule has 0 aliphatic carbocycles. The van der Waals surface area contributed by atoms with Crippen molar-refractivity contribution in [1.29, 1.82) is 0 Å². The SMILES string of the molecule is Cc1cc(CN2C[C@@H]3[C@@H](CNC(=O)c4cccn4C)CO[C@@H]3C2)no1.O=C(O)C(F)(F)F. The smallest absolute Gasteiger partial charge is 0.475 e. The second-order valence-electron chi connectivity index (χ2n) is 7.94. The van der Waals surface area contributed by atoms with Gasteiger partial charge in [-0.3, -0.25) is 9.69 Å². The van der Waals surface area contributed by atoms with Gasteiger partial charge in [0.1, 0.15) is 11.5 Å². The van der Waals surface area contributed by atoms with Gasteiger partial charge in [0.2, 0.25) is 0 Å². The third-order valence-electron chi connectivity index (χ3n) is 5.52. The van der Waals surface area contributed by atoms with E-state index in [-0.39, 0.29) is 12.0 Å². The van der Waals surface area contributed by atoms with Gasteiger partial charge in [-0.05, 0) is 19.1 Å². The highest BCUT2D eigenvalue weighted by Crippen LogP contribution is 2.34. The third kappa shape index (κ3) is 5.88. The molecule has 1 amide bonds. The maximum Gasteiger partial charge on any atom is 0.490 e. The number of ether oxygens (including phenoxy) is 1. The van der Waals surface area contributed by atoms with Crippen molar-refractivity contribution in [2.45, 2.75) is 25.7 Å². The van der Waals surface area contributed by atoms with Crippen LogP contribution in [0.4, 0.5) is 13.2 Å². The predicted molar refractivity (Wildman–Crippen MR) is 105 cm³/mol. The van der Waals surface area contributed by atoms with E-state index in [0.29, 0.717) is 24.1 Å². The zero-order chi connectivity index (χ0) is 23.5. The number of nitrogens with one attached hydrogen (secondary N) is 1. The Kier molecular flexibility index (Phi) is 7.24. The highest BCUT2D eigenvalue weighted by Gasteiger charge is 2.43. The zero-order valence-corrected chi connectivity index (χ0v) is 17.6. The fourth-order valence-corrected chi connectivity index (χ4v) is 3.95. The van der Waals surface area contributed by atoms with E-state index in [9.17, 15) is 18.0 Å². The molecule has 2 aromatic heterocycles. The molecular formula is C20H25F3N4O5. The molecule has 4 heterocycles. The lowest BCUT2D eigenvalue weighted by Gasteiger charge is -2.19. The Labute approximate surface area is 182 Å². The predicted octanol–water partition coefficient (Wildman–Crippen LogP) is 1.83. The average molecular weight is 458 g/mol. The molecule has 0 radical (unpaired) electrons. The Bertz CT molecular complexity index is 942. The molecule has 3 atom stereocenters. The number of carboxylic acid groups (broad SMARTS) is 1. The monoisotopic (exact) mass is 458 g/mol. The van der Waals surface area contributed by atoms with E-state index in [2.05, 4.69) is 15.4 Å². The minimum Gasteiger partial charge on any atom is -0.475 e. The van der Waals surface area contributed by atoms with Gasteiger partial charge in [-0.15, -0.1) is 0 Å². The van der Waals surface area contributed by atoms with Gasteiger partial charge in [-0.25, -0.2) is 4.79 Å². The van der Waals surface area contributed by atoms with Crippen LogP contribution in [-0.4, -0.2) is 70.1 Å². The molecule has 4 rings (SSSR count). The first-order valence-corrected chi connectivity index (χ1v) is 10.0. The van der Waals surface area contributed by atoms with E-state index in [1.165, 1.54) is 0 Å². The molecule has 32 heavy (non-hydrogen) atoms. The maximum absolute atomic E-state index is 12.3. The van der Waals surface area contributed by atoms with Gasteiger partial charge < -0.3 is 24.3 Å². The number of carboxylic acids is 1. The molecule has 2 saturated heterocycles. The van der Waals surface area contributed by atoms with Gasteiger partial charge in [0.05, 0.1) is 18.4 Å². The summed E-state index contributed by atoms with van der Waals surface area (Å²) in [5.41, 5.74) is 1.65. The molecule has 12 heteroatoms. The Balaban J connectivity index is 0.000000360. The fraction of sp³-hybridized carbons (Fsp3) is 0.550. The lowest BCUT2D eigenvalue weighted by atomic mass is 9.93. The lowest BCUT2D eigenvalue weighted by molar-refractivity contribution is -0.192. The molecule has 2 N–H and O–H groups in total. The van der Waals surface area contributed by atoms with Crippen LogP contribution in [0.15, 0.2) is 28.9 Å². The summed E-state index contributed by atoms with van der Waals surface area (Å²) in [6, 6.07) is 5.69. The van der Waals surface area contributed by atoms with Crippen LogP contribution in [-0.2, 0) is 23.1 Å². The van der Waals surface area contributed by atoms with Crippen molar-refractivity contribution in [3.8, 4) is 0 Å². The van der Waals surface area contributed by atoms with Crippen molar-refractivity contribution in [2.24, 2.45) is 18.9 Å². The second kappa shape index (κ2) is 9.74. The minimum atomic E-state index is -5.08. The first-order chi connectivity index (χ1) is 15.0. The molecule has 0 aromatic carbocycles. The number of aromatic nitrogens is 2. The van der Waals surface area contributed by atoms with E-state index in [1.54, 1.807) is 0 Å². The summed E-state index contributed by atoms with van der Waals surface area (Å²) in [6.07, 6.45) is -2.95. The molecular weight excluding hydrogens is 433 g/mol. The standard InChI is InChI=1S/C18H24N4O3.C2HF3O2/c1-12-6-14(20-25-12)8-22-9-15-13(11-24-17(15)10-22)7-19-18(23)16-4-3-5-21(16)2;3-2(4,5)1(6)7/h3-6,13,15,17H,7-11H2,1-2H3,(H,19,23);(H,6,7)/t13-,15+,17+;/m0./s1. The van der Waals surface area contributed by atoms with Crippen LogP contribution in [0, 0.1) is 18.8 Å². The molecule has 0 bridgehead atoms. The third-order valence-corrected chi connectivity index (χ3v) is 5.52. The number of amides is 1. The van der Waals surface area contributed by atoms with Gasteiger partial charge >= 0.3 is 12.1 Å². The van der Waals surface area contributed by atoms with E-state index < -0.39 is 12.1 Å². The number of nitrogens with zero attached hydrogens (tertiary/aromatic N) is 3. The molecule has 0 spiro atoms. The minimum absolute atomic E-state index is 0.0242. The Morgan fingerprint density at radius 2 is 2.06 bits per heavy atom. The van der Waals surface area contributed by atoms with Crippen LogP contribution < -0.4 is 5.32 Å². The average Bonchev–Trinajstić information content (AvgIpc) is 3.46. The second-order valence-corrected chi connectivity index (χ2v) is 7.94.